The molecule has 0 aliphatic heterocycles. The van der Waals surface area contributed by atoms with Crippen LogP contribution in [0.1, 0.15) is 13.3 Å². The maximum atomic E-state index is 11.8. The summed E-state index contributed by atoms with van der Waals surface area (Å²) in [5.41, 5.74) is 0.903. The fourth-order valence-corrected chi connectivity index (χ4v) is 0.933. The van der Waals surface area contributed by atoms with Crippen molar-refractivity contribution in [2.24, 2.45) is 0 Å². The van der Waals surface area contributed by atoms with Gasteiger partial charge < -0.3 is 4.74 Å². The van der Waals surface area contributed by atoms with Gasteiger partial charge >= 0.3 is 6.36 Å². The van der Waals surface area contributed by atoms with E-state index in [0.29, 0.717) is 0 Å². The lowest BCUT2D eigenvalue weighted by molar-refractivity contribution is -0.305. The van der Waals surface area contributed by atoms with Gasteiger partial charge in [-0.1, -0.05) is 23.8 Å². The van der Waals surface area contributed by atoms with Gasteiger partial charge in [-0.3, -0.25) is 0 Å². The third kappa shape index (κ3) is 3.83. The lowest BCUT2D eigenvalue weighted by atomic mass is 10.3. The molecule has 0 aromatic rings. The van der Waals surface area contributed by atoms with E-state index >= 15 is 0 Å². The van der Waals surface area contributed by atoms with Crippen molar-refractivity contribution in [3.8, 4) is 0 Å². The lowest BCUT2D eigenvalue weighted by Gasteiger charge is -2.09. The Bertz CT molecular complexity index is 271. The van der Waals surface area contributed by atoms with Crippen LogP contribution in [0.3, 0.4) is 0 Å². The summed E-state index contributed by atoms with van der Waals surface area (Å²) >= 11 is 0. The van der Waals surface area contributed by atoms with Crippen LogP contribution in [-0.2, 0) is 4.74 Å². The Hall–Kier alpha value is -1.19. The van der Waals surface area contributed by atoms with Gasteiger partial charge in [0, 0.05) is 6.42 Å². The summed E-state index contributed by atoms with van der Waals surface area (Å²) in [5.74, 6) is -0.0828. The van der Waals surface area contributed by atoms with Crippen LogP contribution in [0.2, 0.25) is 0 Å². The molecule has 0 saturated heterocycles. The number of halogens is 3. The van der Waals surface area contributed by atoms with E-state index in [4.69, 9.17) is 0 Å². The Morgan fingerprint density at radius 3 is 2.62 bits per heavy atom. The van der Waals surface area contributed by atoms with Gasteiger partial charge in [0.25, 0.3) is 0 Å². The summed E-state index contributed by atoms with van der Waals surface area (Å²) in [5, 5.41) is 0. The van der Waals surface area contributed by atoms with Crippen molar-refractivity contribution in [1.82, 2.24) is 0 Å². The van der Waals surface area contributed by atoms with Crippen molar-refractivity contribution in [2.45, 2.75) is 19.7 Å². The zero-order chi connectivity index (χ0) is 9.90. The second-order valence-electron chi connectivity index (χ2n) is 2.70. The molecule has 1 aliphatic rings. The van der Waals surface area contributed by atoms with Gasteiger partial charge in [0.05, 0.1) is 0 Å². The van der Waals surface area contributed by atoms with Crippen LogP contribution in [0.15, 0.2) is 35.6 Å². The van der Waals surface area contributed by atoms with Crippen LogP contribution in [-0.4, -0.2) is 6.36 Å². The molecule has 0 atom stereocenters. The van der Waals surface area contributed by atoms with Crippen LogP contribution in [0, 0.1) is 0 Å². The molecular formula is C9H9F3O. The third-order valence-corrected chi connectivity index (χ3v) is 1.48. The zero-order valence-corrected chi connectivity index (χ0v) is 7.06. The van der Waals surface area contributed by atoms with E-state index in [0.717, 1.165) is 5.57 Å². The molecule has 0 spiro atoms. The molecule has 0 N–H and O–H groups in total. The van der Waals surface area contributed by atoms with E-state index < -0.39 is 6.36 Å². The summed E-state index contributed by atoms with van der Waals surface area (Å²) in [6, 6.07) is 0. The van der Waals surface area contributed by atoms with Crippen LogP contribution >= 0.6 is 0 Å². The molecule has 0 aromatic heterocycles. The van der Waals surface area contributed by atoms with E-state index in [1.165, 1.54) is 6.08 Å². The van der Waals surface area contributed by atoms with Gasteiger partial charge in [-0.25, -0.2) is 0 Å². The molecule has 0 aromatic carbocycles. The fraction of sp³-hybridized carbons (Fsp3) is 0.333. The Balaban J connectivity index is 2.67. The fourth-order valence-electron chi connectivity index (χ4n) is 0.933. The summed E-state index contributed by atoms with van der Waals surface area (Å²) in [6.45, 7) is 1.81. The molecule has 0 saturated carbocycles. The summed E-state index contributed by atoms with van der Waals surface area (Å²) in [7, 11) is 0. The molecule has 13 heavy (non-hydrogen) atoms. The first-order chi connectivity index (χ1) is 5.97. The second-order valence-corrected chi connectivity index (χ2v) is 2.70. The minimum Gasteiger partial charge on any atom is -0.410 e. The Kier molecular flexibility index (Phi) is 2.80. The first-order valence-electron chi connectivity index (χ1n) is 3.77. The predicted octanol–water partition coefficient (Wildman–Crippen LogP) is 3.31. The van der Waals surface area contributed by atoms with Crippen molar-refractivity contribution < 1.29 is 17.9 Å². The monoisotopic (exact) mass is 190 g/mol. The molecule has 1 nitrogen and oxygen atoms in total. The Morgan fingerprint density at radius 1 is 1.31 bits per heavy atom. The van der Waals surface area contributed by atoms with E-state index in [1.54, 1.807) is 18.2 Å². The van der Waals surface area contributed by atoms with E-state index in [2.05, 4.69) is 4.74 Å². The number of alkyl halides is 3. The van der Waals surface area contributed by atoms with Gasteiger partial charge in [0.1, 0.15) is 5.76 Å². The molecule has 1 rings (SSSR count). The molecule has 72 valence electrons. The molecule has 0 bridgehead atoms. The first kappa shape index (κ1) is 9.89. The van der Waals surface area contributed by atoms with Crippen LogP contribution < -0.4 is 0 Å². The number of allylic oxidation sites excluding steroid dienone is 5. The van der Waals surface area contributed by atoms with Crippen molar-refractivity contribution in [3.05, 3.63) is 35.6 Å². The van der Waals surface area contributed by atoms with Gasteiger partial charge in [-0.05, 0) is 13.0 Å². The standard InChI is InChI=1S/C9H9F3O/c1-7-3-2-4-8(6-5-7)13-9(10,11)12/h2-3,5-6H,4H2,1H3. The topological polar surface area (TPSA) is 9.23 Å². The molecule has 0 heterocycles. The van der Waals surface area contributed by atoms with Gasteiger partial charge in [-0.15, -0.1) is 13.2 Å². The molecule has 0 unspecified atom stereocenters. The third-order valence-electron chi connectivity index (χ3n) is 1.48. The van der Waals surface area contributed by atoms with E-state index in [9.17, 15) is 13.2 Å². The van der Waals surface area contributed by atoms with Crippen LogP contribution in [0.4, 0.5) is 13.2 Å². The molecule has 0 amide bonds. The van der Waals surface area contributed by atoms with Crippen molar-refractivity contribution in [1.29, 1.82) is 0 Å². The van der Waals surface area contributed by atoms with Crippen LogP contribution in [0.25, 0.3) is 0 Å². The summed E-state index contributed by atoms with van der Waals surface area (Å²) in [6.07, 6.45) is 1.89. The zero-order valence-electron chi connectivity index (χ0n) is 7.06. The van der Waals surface area contributed by atoms with Crippen molar-refractivity contribution in [3.63, 3.8) is 0 Å². The Morgan fingerprint density at radius 2 is 2.00 bits per heavy atom. The minimum atomic E-state index is -4.59. The molecular weight excluding hydrogens is 181 g/mol. The highest BCUT2D eigenvalue weighted by Gasteiger charge is 2.31. The SMILES string of the molecule is CC1=CC=C(OC(F)(F)F)CC=C1. The largest absolute Gasteiger partial charge is 0.572 e. The highest BCUT2D eigenvalue weighted by atomic mass is 19.4. The summed E-state index contributed by atoms with van der Waals surface area (Å²) in [4.78, 5) is 0. The molecule has 0 radical (unpaired) electrons. The minimum absolute atomic E-state index is 0.0828. The van der Waals surface area contributed by atoms with Crippen molar-refractivity contribution in [2.75, 3.05) is 0 Å². The number of rotatable bonds is 1. The highest BCUT2D eigenvalue weighted by Crippen LogP contribution is 2.23. The second kappa shape index (κ2) is 3.68. The number of ether oxygens (including phenoxy) is 1. The van der Waals surface area contributed by atoms with Gasteiger partial charge in [-0.2, -0.15) is 0 Å². The van der Waals surface area contributed by atoms with E-state index in [1.807, 2.05) is 6.92 Å². The maximum Gasteiger partial charge on any atom is 0.572 e. The van der Waals surface area contributed by atoms with Crippen molar-refractivity contribution >= 4 is 0 Å². The number of hydrogen-bond donors (Lipinski definition) is 0. The van der Waals surface area contributed by atoms with Crippen LogP contribution in [0.5, 0.6) is 0 Å². The van der Waals surface area contributed by atoms with Gasteiger partial charge in [0.15, 0.2) is 0 Å². The Labute approximate surface area is 74.2 Å². The average Bonchev–Trinajstić information content (AvgIpc) is 2.12. The first-order valence-corrected chi connectivity index (χ1v) is 3.77. The number of hydrogen-bond acceptors (Lipinski definition) is 1. The molecule has 4 heteroatoms. The maximum absolute atomic E-state index is 11.8. The average molecular weight is 190 g/mol. The molecule has 1 aliphatic carbocycles. The van der Waals surface area contributed by atoms with Gasteiger partial charge in [0.2, 0.25) is 0 Å². The summed E-state index contributed by atoms with van der Waals surface area (Å²) < 4.78 is 39.1. The van der Waals surface area contributed by atoms with E-state index in [-0.39, 0.29) is 12.2 Å². The molecule has 0 fully saturated rings. The lowest BCUT2D eigenvalue weighted by Crippen LogP contribution is -2.12. The smallest absolute Gasteiger partial charge is 0.410 e. The highest BCUT2D eigenvalue weighted by molar-refractivity contribution is 5.27. The quantitative estimate of drug-likeness (QED) is 0.616. The normalized spacial score (nSPS) is 17.5. The predicted molar refractivity (Wildman–Crippen MR) is 42.7 cm³/mol.